The molecule has 0 radical (unpaired) electrons. The van der Waals surface area contributed by atoms with Crippen molar-refractivity contribution in [1.82, 2.24) is 5.32 Å². The van der Waals surface area contributed by atoms with Crippen molar-refractivity contribution < 1.29 is 8.78 Å². The third-order valence-electron chi connectivity index (χ3n) is 3.20. The lowest BCUT2D eigenvalue weighted by atomic mass is 9.93. The maximum absolute atomic E-state index is 13.0. The molecular weight excluding hydrogens is 208 g/mol. The van der Waals surface area contributed by atoms with E-state index in [9.17, 15) is 8.78 Å². The second-order valence-electron chi connectivity index (χ2n) is 4.50. The maximum atomic E-state index is 13.0. The van der Waals surface area contributed by atoms with Gasteiger partial charge in [-0.2, -0.15) is 0 Å². The number of halogens is 2. The van der Waals surface area contributed by atoms with Crippen molar-refractivity contribution in [2.45, 2.75) is 25.7 Å². The molecule has 1 aliphatic heterocycles. The number of rotatable bonds is 2. The van der Waals surface area contributed by atoms with Gasteiger partial charge in [-0.05, 0) is 62.4 Å². The molecule has 16 heavy (non-hydrogen) atoms. The Labute approximate surface area is 94.9 Å². The fourth-order valence-corrected chi connectivity index (χ4v) is 2.30. The lowest BCUT2D eigenvalue weighted by Gasteiger charge is -2.13. The van der Waals surface area contributed by atoms with Gasteiger partial charge in [-0.15, -0.1) is 0 Å². The molecule has 1 aliphatic rings. The van der Waals surface area contributed by atoms with Gasteiger partial charge in [-0.1, -0.05) is 6.07 Å². The standard InChI is InChI=1S/C13H17F2N/c14-12-4-3-11(9-13(12)15)8-10-2-1-6-16-7-5-10/h3-4,9-10,16H,1-2,5-8H2. The number of hydrogen-bond donors (Lipinski definition) is 1. The zero-order valence-electron chi connectivity index (χ0n) is 9.31. The number of nitrogens with one attached hydrogen (secondary N) is 1. The average molecular weight is 225 g/mol. The summed E-state index contributed by atoms with van der Waals surface area (Å²) < 4.78 is 25.8. The summed E-state index contributed by atoms with van der Waals surface area (Å²) >= 11 is 0. The van der Waals surface area contributed by atoms with Crippen molar-refractivity contribution in [3.8, 4) is 0 Å². The highest BCUT2D eigenvalue weighted by atomic mass is 19.2. The van der Waals surface area contributed by atoms with Gasteiger partial charge >= 0.3 is 0 Å². The minimum atomic E-state index is -0.758. The molecule has 0 aromatic heterocycles. The van der Waals surface area contributed by atoms with E-state index < -0.39 is 11.6 Å². The Morgan fingerprint density at radius 3 is 2.81 bits per heavy atom. The third kappa shape index (κ3) is 3.01. The van der Waals surface area contributed by atoms with E-state index in [1.807, 2.05) is 0 Å². The van der Waals surface area contributed by atoms with Crippen LogP contribution in [0.25, 0.3) is 0 Å². The van der Waals surface area contributed by atoms with Crippen molar-refractivity contribution >= 4 is 0 Å². The van der Waals surface area contributed by atoms with Gasteiger partial charge in [-0.25, -0.2) is 8.78 Å². The van der Waals surface area contributed by atoms with Crippen molar-refractivity contribution in [1.29, 1.82) is 0 Å². The van der Waals surface area contributed by atoms with E-state index in [2.05, 4.69) is 5.32 Å². The van der Waals surface area contributed by atoms with E-state index in [0.717, 1.165) is 31.5 Å². The molecule has 1 aromatic rings. The van der Waals surface area contributed by atoms with Crippen molar-refractivity contribution in [3.63, 3.8) is 0 Å². The molecule has 1 aromatic carbocycles. The van der Waals surface area contributed by atoms with Crippen molar-refractivity contribution in [2.24, 2.45) is 5.92 Å². The second kappa shape index (κ2) is 5.39. The molecule has 1 N–H and O–H groups in total. The molecule has 1 heterocycles. The van der Waals surface area contributed by atoms with Gasteiger partial charge in [0, 0.05) is 0 Å². The van der Waals surface area contributed by atoms with Gasteiger partial charge in [0.2, 0.25) is 0 Å². The number of hydrogen-bond acceptors (Lipinski definition) is 1. The molecule has 1 nitrogen and oxygen atoms in total. The third-order valence-corrected chi connectivity index (χ3v) is 3.20. The van der Waals surface area contributed by atoms with Crippen LogP contribution in [0.3, 0.4) is 0 Å². The summed E-state index contributed by atoms with van der Waals surface area (Å²) in [5.41, 5.74) is 0.908. The summed E-state index contributed by atoms with van der Waals surface area (Å²) in [6, 6.07) is 4.24. The molecule has 1 saturated heterocycles. The monoisotopic (exact) mass is 225 g/mol. The first kappa shape index (κ1) is 11.5. The smallest absolute Gasteiger partial charge is 0.159 e. The molecular formula is C13H17F2N. The van der Waals surface area contributed by atoms with Gasteiger partial charge < -0.3 is 5.32 Å². The molecule has 1 fully saturated rings. The quantitative estimate of drug-likeness (QED) is 0.816. The highest BCUT2D eigenvalue weighted by molar-refractivity contribution is 5.18. The summed E-state index contributed by atoms with van der Waals surface area (Å²) in [7, 11) is 0. The number of benzene rings is 1. The van der Waals surface area contributed by atoms with E-state index in [0.29, 0.717) is 5.92 Å². The van der Waals surface area contributed by atoms with Gasteiger partial charge in [0.15, 0.2) is 11.6 Å². The molecule has 0 bridgehead atoms. The van der Waals surface area contributed by atoms with Crippen molar-refractivity contribution in [2.75, 3.05) is 13.1 Å². The topological polar surface area (TPSA) is 12.0 Å². The van der Waals surface area contributed by atoms with Crippen LogP contribution in [0.2, 0.25) is 0 Å². The second-order valence-corrected chi connectivity index (χ2v) is 4.50. The first-order chi connectivity index (χ1) is 7.75. The van der Waals surface area contributed by atoms with Gasteiger partial charge in [0.05, 0.1) is 0 Å². The largest absolute Gasteiger partial charge is 0.317 e. The predicted molar refractivity (Wildman–Crippen MR) is 60.3 cm³/mol. The van der Waals surface area contributed by atoms with Crippen LogP contribution in [0.4, 0.5) is 8.78 Å². The van der Waals surface area contributed by atoms with Gasteiger partial charge in [-0.3, -0.25) is 0 Å². The Hall–Kier alpha value is -0.960. The molecule has 0 aliphatic carbocycles. The Morgan fingerprint density at radius 2 is 2.00 bits per heavy atom. The summed E-state index contributed by atoms with van der Waals surface area (Å²) in [6.45, 7) is 2.11. The Balaban J connectivity index is 1.99. The fraction of sp³-hybridized carbons (Fsp3) is 0.538. The van der Waals surface area contributed by atoms with E-state index in [-0.39, 0.29) is 0 Å². The van der Waals surface area contributed by atoms with Crippen LogP contribution >= 0.6 is 0 Å². The fourth-order valence-electron chi connectivity index (χ4n) is 2.30. The Kier molecular flexibility index (Phi) is 3.88. The van der Waals surface area contributed by atoms with Gasteiger partial charge in [0.25, 0.3) is 0 Å². The van der Waals surface area contributed by atoms with Crippen LogP contribution in [0.5, 0.6) is 0 Å². The first-order valence-corrected chi connectivity index (χ1v) is 5.90. The van der Waals surface area contributed by atoms with E-state index in [4.69, 9.17) is 0 Å². The predicted octanol–water partition coefficient (Wildman–Crippen LogP) is 2.90. The van der Waals surface area contributed by atoms with Crippen LogP contribution in [-0.4, -0.2) is 13.1 Å². The minimum absolute atomic E-state index is 0.597. The van der Waals surface area contributed by atoms with Crippen molar-refractivity contribution in [3.05, 3.63) is 35.4 Å². The van der Waals surface area contributed by atoms with E-state index in [1.54, 1.807) is 6.07 Å². The average Bonchev–Trinajstić information content (AvgIpc) is 2.52. The highest BCUT2D eigenvalue weighted by Gasteiger charge is 2.13. The molecule has 0 saturated carbocycles. The van der Waals surface area contributed by atoms with Crippen LogP contribution < -0.4 is 5.32 Å². The lowest BCUT2D eigenvalue weighted by Crippen LogP contribution is -2.14. The lowest BCUT2D eigenvalue weighted by molar-refractivity contribution is 0.464. The first-order valence-electron chi connectivity index (χ1n) is 5.90. The Morgan fingerprint density at radius 1 is 1.12 bits per heavy atom. The zero-order valence-corrected chi connectivity index (χ0v) is 9.31. The van der Waals surface area contributed by atoms with Crippen LogP contribution in [0.1, 0.15) is 24.8 Å². The molecule has 2 rings (SSSR count). The Bertz CT molecular complexity index is 344. The molecule has 0 amide bonds. The summed E-state index contributed by atoms with van der Waals surface area (Å²) in [6.07, 6.45) is 4.33. The molecule has 1 unspecified atom stereocenters. The molecule has 3 heteroatoms. The SMILES string of the molecule is Fc1ccc(CC2CCCNCC2)cc1F. The molecule has 0 spiro atoms. The zero-order chi connectivity index (χ0) is 11.4. The maximum Gasteiger partial charge on any atom is 0.159 e. The highest BCUT2D eigenvalue weighted by Crippen LogP contribution is 2.20. The summed E-state index contributed by atoms with van der Waals surface area (Å²) in [5, 5.41) is 3.35. The van der Waals surface area contributed by atoms with Gasteiger partial charge in [0.1, 0.15) is 0 Å². The van der Waals surface area contributed by atoms with Crippen LogP contribution in [0, 0.1) is 17.6 Å². The summed E-state index contributed by atoms with van der Waals surface area (Å²) in [4.78, 5) is 0. The normalized spacial score (nSPS) is 21.8. The molecule has 1 atom stereocenters. The van der Waals surface area contributed by atoms with E-state index >= 15 is 0 Å². The summed E-state index contributed by atoms with van der Waals surface area (Å²) in [5.74, 6) is -0.893. The van der Waals surface area contributed by atoms with E-state index in [1.165, 1.54) is 25.0 Å². The minimum Gasteiger partial charge on any atom is -0.317 e. The molecule has 88 valence electrons. The van der Waals surface area contributed by atoms with Crippen LogP contribution in [0.15, 0.2) is 18.2 Å². The van der Waals surface area contributed by atoms with Crippen LogP contribution in [-0.2, 0) is 6.42 Å².